The minimum Gasteiger partial charge on any atom is -0.332 e. The zero-order valence-electron chi connectivity index (χ0n) is 11.2. The summed E-state index contributed by atoms with van der Waals surface area (Å²) in [4.78, 5) is 20.2. The van der Waals surface area contributed by atoms with E-state index in [-0.39, 0.29) is 18.1 Å². The monoisotopic (exact) mass is 334 g/mol. The summed E-state index contributed by atoms with van der Waals surface area (Å²) in [5.74, 6) is -0.446. The van der Waals surface area contributed by atoms with Gasteiger partial charge in [0.2, 0.25) is 5.91 Å². The Morgan fingerprint density at radius 3 is 2.73 bits per heavy atom. The molecule has 0 bridgehead atoms. The summed E-state index contributed by atoms with van der Waals surface area (Å²) < 4.78 is 12.8. The molecular weight excluding hydrogens is 323 g/mol. The van der Waals surface area contributed by atoms with E-state index in [1.807, 2.05) is 5.38 Å². The number of nitrogens with zero attached hydrogens (tertiary/aromatic N) is 2. The lowest BCUT2D eigenvalue weighted by molar-refractivity contribution is -0.115. The standard InChI is InChI=1S/C14H11FN4OS2/c15-9-1-3-10(4-2-9)17-14-18-11(8-22-14)7-12(20)19-13-16-5-6-21-13/h1-6,8H,7H2,(H,17,18)(H,16,19,20). The molecule has 112 valence electrons. The Morgan fingerprint density at radius 2 is 2.00 bits per heavy atom. The van der Waals surface area contributed by atoms with Gasteiger partial charge >= 0.3 is 0 Å². The fourth-order valence-electron chi connectivity index (χ4n) is 1.72. The summed E-state index contributed by atoms with van der Waals surface area (Å²) in [5.41, 5.74) is 1.42. The maximum Gasteiger partial charge on any atom is 0.232 e. The Balaban J connectivity index is 1.58. The topological polar surface area (TPSA) is 66.9 Å². The fourth-order valence-corrected chi connectivity index (χ4v) is 2.99. The van der Waals surface area contributed by atoms with Crippen LogP contribution in [0, 0.1) is 5.82 Å². The third kappa shape index (κ3) is 3.86. The number of nitrogens with one attached hydrogen (secondary N) is 2. The Hall–Kier alpha value is -2.32. The molecule has 0 aliphatic carbocycles. The van der Waals surface area contributed by atoms with Crippen molar-refractivity contribution in [2.75, 3.05) is 10.6 Å². The van der Waals surface area contributed by atoms with Crippen LogP contribution < -0.4 is 10.6 Å². The van der Waals surface area contributed by atoms with E-state index in [9.17, 15) is 9.18 Å². The van der Waals surface area contributed by atoms with Gasteiger partial charge in [-0.3, -0.25) is 4.79 Å². The number of carbonyl (C=O) groups is 1. The predicted molar refractivity (Wildman–Crippen MR) is 86.2 cm³/mol. The molecule has 8 heteroatoms. The number of carbonyl (C=O) groups excluding carboxylic acids is 1. The molecule has 0 saturated heterocycles. The predicted octanol–water partition coefficient (Wildman–Crippen LogP) is 3.66. The maximum absolute atomic E-state index is 12.8. The lowest BCUT2D eigenvalue weighted by Crippen LogP contribution is -2.14. The normalized spacial score (nSPS) is 10.4. The number of hydrogen-bond acceptors (Lipinski definition) is 6. The van der Waals surface area contributed by atoms with Crippen molar-refractivity contribution in [3.8, 4) is 0 Å². The van der Waals surface area contributed by atoms with Crippen LogP contribution in [0.5, 0.6) is 0 Å². The van der Waals surface area contributed by atoms with E-state index in [2.05, 4.69) is 20.6 Å². The van der Waals surface area contributed by atoms with Crippen LogP contribution in [0.25, 0.3) is 0 Å². The number of rotatable bonds is 5. The van der Waals surface area contributed by atoms with Gasteiger partial charge in [0.1, 0.15) is 5.82 Å². The molecule has 2 heterocycles. The number of aromatic nitrogens is 2. The third-order valence-electron chi connectivity index (χ3n) is 2.67. The van der Waals surface area contributed by atoms with Gasteiger partial charge in [-0.1, -0.05) is 0 Å². The maximum atomic E-state index is 12.8. The molecular formula is C14H11FN4OS2. The number of hydrogen-bond donors (Lipinski definition) is 2. The lowest BCUT2D eigenvalue weighted by Gasteiger charge is -2.01. The van der Waals surface area contributed by atoms with Crippen molar-refractivity contribution in [3.63, 3.8) is 0 Å². The molecule has 0 radical (unpaired) electrons. The number of halogens is 1. The van der Waals surface area contributed by atoms with Crippen molar-refractivity contribution >= 4 is 44.5 Å². The van der Waals surface area contributed by atoms with Crippen LogP contribution in [0.2, 0.25) is 0 Å². The minimum atomic E-state index is -0.288. The van der Waals surface area contributed by atoms with Crippen molar-refractivity contribution in [1.29, 1.82) is 0 Å². The molecule has 0 spiro atoms. The van der Waals surface area contributed by atoms with Crippen molar-refractivity contribution in [2.24, 2.45) is 0 Å². The number of thiazole rings is 2. The van der Waals surface area contributed by atoms with Crippen LogP contribution in [0.15, 0.2) is 41.2 Å². The van der Waals surface area contributed by atoms with Crippen LogP contribution >= 0.6 is 22.7 Å². The van der Waals surface area contributed by atoms with Crippen molar-refractivity contribution in [3.05, 3.63) is 52.7 Å². The molecule has 1 amide bonds. The Labute approximate surface area is 133 Å². The smallest absolute Gasteiger partial charge is 0.232 e. The van der Waals surface area contributed by atoms with Crippen LogP contribution in [0.3, 0.4) is 0 Å². The first kappa shape index (κ1) is 14.6. The first-order valence-electron chi connectivity index (χ1n) is 6.35. The van der Waals surface area contributed by atoms with Crippen LogP contribution in [0.1, 0.15) is 5.69 Å². The van der Waals surface area contributed by atoms with Crippen molar-refractivity contribution in [2.45, 2.75) is 6.42 Å². The summed E-state index contributed by atoms with van der Waals surface area (Å²) in [6.07, 6.45) is 1.81. The number of amides is 1. The zero-order valence-corrected chi connectivity index (χ0v) is 12.9. The molecule has 0 saturated carbocycles. The molecule has 0 atom stereocenters. The molecule has 0 aliphatic heterocycles. The molecule has 3 rings (SSSR count). The van der Waals surface area contributed by atoms with Crippen LogP contribution in [-0.2, 0) is 11.2 Å². The zero-order chi connectivity index (χ0) is 15.4. The van der Waals surface area contributed by atoms with Gasteiger partial charge in [0, 0.05) is 22.6 Å². The van der Waals surface area contributed by atoms with E-state index in [4.69, 9.17) is 0 Å². The van der Waals surface area contributed by atoms with Gasteiger partial charge in [-0.2, -0.15) is 0 Å². The van der Waals surface area contributed by atoms with E-state index in [1.165, 1.54) is 34.8 Å². The van der Waals surface area contributed by atoms with Crippen LogP contribution in [-0.4, -0.2) is 15.9 Å². The summed E-state index contributed by atoms with van der Waals surface area (Å²) >= 11 is 2.76. The number of anilines is 3. The Morgan fingerprint density at radius 1 is 1.18 bits per heavy atom. The van der Waals surface area contributed by atoms with Crippen molar-refractivity contribution in [1.82, 2.24) is 9.97 Å². The second-order valence-corrected chi connectivity index (χ2v) is 6.09. The van der Waals surface area contributed by atoms with E-state index in [1.54, 1.807) is 23.7 Å². The number of benzene rings is 1. The largest absolute Gasteiger partial charge is 0.332 e. The molecule has 22 heavy (non-hydrogen) atoms. The summed E-state index contributed by atoms with van der Waals surface area (Å²) in [7, 11) is 0. The lowest BCUT2D eigenvalue weighted by atomic mass is 10.3. The summed E-state index contributed by atoms with van der Waals surface area (Å²) in [6.45, 7) is 0. The molecule has 0 aliphatic rings. The molecule has 1 aromatic carbocycles. The van der Waals surface area contributed by atoms with Crippen LogP contribution in [0.4, 0.5) is 20.3 Å². The summed E-state index contributed by atoms with van der Waals surface area (Å²) in [5, 5.41) is 10.6. The Kier molecular flexibility index (Phi) is 4.40. The third-order valence-corrected chi connectivity index (χ3v) is 4.16. The molecule has 0 unspecified atom stereocenters. The fraction of sp³-hybridized carbons (Fsp3) is 0.0714. The van der Waals surface area contributed by atoms with E-state index < -0.39 is 0 Å². The Bertz CT molecular complexity index is 756. The van der Waals surface area contributed by atoms with E-state index in [0.29, 0.717) is 16.0 Å². The SMILES string of the molecule is O=C(Cc1csc(Nc2ccc(F)cc2)n1)Nc1nccs1. The minimum absolute atomic E-state index is 0.159. The van der Waals surface area contributed by atoms with Gasteiger partial charge in [0.05, 0.1) is 12.1 Å². The highest BCUT2D eigenvalue weighted by atomic mass is 32.1. The van der Waals surface area contributed by atoms with Gasteiger partial charge in [-0.15, -0.1) is 22.7 Å². The molecule has 0 fully saturated rings. The summed E-state index contributed by atoms with van der Waals surface area (Å²) in [6, 6.07) is 6.01. The first-order valence-corrected chi connectivity index (χ1v) is 8.11. The molecule has 5 nitrogen and oxygen atoms in total. The molecule has 2 N–H and O–H groups in total. The second-order valence-electron chi connectivity index (χ2n) is 4.34. The van der Waals surface area contributed by atoms with Gasteiger partial charge in [-0.05, 0) is 24.3 Å². The highest BCUT2D eigenvalue weighted by Gasteiger charge is 2.09. The van der Waals surface area contributed by atoms with Gasteiger partial charge in [0.25, 0.3) is 0 Å². The average Bonchev–Trinajstić information content (AvgIpc) is 3.14. The highest BCUT2D eigenvalue weighted by molar-refractivity contribution is 7.14. The molecule has 2 aromatic heterocycles. The van der Waals surface area contributed by atoms with Gasteiger partial charge in [-0.25, -0.2) is 14.4 Å². The highest BCUT2D eigenvalue weighted by Crippen LogP contribution is 2.21. The quantitative estimate of drug-likeness (QED) is 0.747. The van der Waals surface area contributed by atoms with Gasteiger partial charge < -0.3 is 10.6 Å². The average molecular weight is 334 g/mol. The van der Waals surface area contributed by atoms with E-state index in [0.717, 1.165) is 5.69 Å². The second kappa shape index (κ2) is 6.63. The first-order chi connectivity index (χ1) is 10.7. The van der Waals surface area contributed by atoms with Gasteiger partial charge in [0.15, 0.2) is 10.3 Å². The van der Waals surface area contributed by atoms with E-state index >= 15 is 0 Å². The van der Waals surface area contributed by atoms with Crippen molar-refractivity contribution < 1.29 is 9.18 Å². The molecule has 3 aromatic rings.